The number of nitro groups is 1. The van der Waals surface area contributed by atoms with Gasteiger partial charge in [0.05, 0.1) is 23.8 Å². The van der Waals surface area contributed by atoms with E-state index in [-0.39, 0.29) is 4.92 Å². The van der Waals surface area contributed by atoms with Gasteiger partial charge in [-0.05, 0) is 43.4 Å². The van der Waals surface area contributed by atoms with E-state index in [9.17, 15) is 10.1 Å². The molecule has 0 spiro atoms. The summed E-state index contributed by atoms with van der Waals surface area (Å²) in [6.45, 7) is 4.71. The molecule has 2 heterocycles. The molecule has 0 unspecified atom stereocenters. The number of rotatable bonds is 5. The highest BCUT2D eigenvalue weighted by atomic mass is 16.6. The van der Waals surface area contributed by atoms with Crippen molar-refractivity contribution < 1.29 is 4.92 Å². The monoisotopic (exact) mass is 288 g/mol. The van der Waals surface area contributed by atoms with Gasteiger partial charge in [0.1, 0.15) is 0 Å². The predicted molar refractivity (Wildman–Crippen MR) is 78.6 cm³/mol. The molecule has 0 amide bonds. The molecule has 1 saturated carbocycles. The highest BCUT2D eigenvalue weighted by Crippen LogP contribution is 2.32. The molecule has 6 nitrogen and oxygen atoms in total. The molecular weight excluding hydrogens is 268 g/mol. The van der Waals surface area contributed by atoms with E-state index in [1.165, 1.54) is 12.8 Å². The molecule has 1 aliphatic carbocycles. The number of hydrogen-bond donors (Lipinski definition) is 0. The standard InChI is InChI=1S/C15H20N4O2/c1-12-15(19(20)21)10-17(8-14-4-6-16-7-5-14)11-18(12)9-13-2-3-13/h4-7,13H,2-3,8-11H2,1H3. The number of aromatic nitrogens is 1. The van der Waals surface area contributed by atoms with Crippen LogP contribution in [-0.4, -0.2) is 39.5 Å². The predicted octanol–water partition coefficient (Wildman–Crippen LogP) is 2.07. The SMILES string of the molecule is CC1=C([N+](=O)[O-])CN(Cc2ccncc2)CN1CC1CC1. The maximum absolute atomic E-state index is 11.3. The molecule has 21 heavy (non-hydrogen) atoms. The molecule has 1 aliphatic heterocycles. The van der Waals surface area contributed by atoms with Crippen molar-refractivity contribution in [1.82, 2.24) is 14.8 Å². The van der Waals surface area contributed by atoms with E-state index in [4.69, 9.17) is 0 Å². The molecule has 0 aromatic carbocycles. The average molecular weight is 288 g/mol. The summed E-state index contributed by atoms with van der Waals surface area (Å²) in [5.74, 6) is 0.717. The van der Waals surface area contributed by atoms with Gasteiger partial charge in [-0.3, -0.25) is 20.0 Å². The van der Waals surface area contributed by atoms with Crippen LogP contribution in [0.15, 0.2) is 35.9 Å². The van der Waals surface area contributed by atoms with Gasteiger partial charge >= 0.3 is 0 Å². The molecule has 112 valence electrons. The molecule has 3 rings (SSSR count). The van der Waals surface area contributed by atoms with Gasteiger partial charge in [-0.25, -0.2) is 0 Å². The van der Waals surface area contributed by atoms with Crippen LogP contribution in [0, 0.1) is 16.0 Å². The Labute approximate surface area is 124 Å². The van der Waals surface area contributed by atoms with Crippen LogP contribution in [0.4, 0.5) is 0 Å². The van der Waals surface area contributed by atoms with Crippen molar-refractivity contribution in [2.75, 3.05) is 19.8 Å². The van der Waals surface area contributed by atoms with Gasteiger partial charge in [0, 0.05) is 25.5 Å². The van der Waals surface area contributed by atoms with Crippen LogP contribution in [0.3, 0.4) is 0 Å². The van der Waals surface area contributed by atoms with Crippen LogP contribution < -0.4 is 0 Å². The van der Waals surface area contributed by atoms with Crippen molar-refractivity contribution in [3.05, 3.63) is 51.6 Å². The maximum Gasteiger partial charge on any atom is 0.278 e. The highest BCUT2D eigenvalue weighted by Gasteiger charge is 2.33. The lowest BCUT2D eigenvalue weighted by Crippen LogP contribution is -2.45. The smallest absolute Gasteiger partial charge is 0.278 e. The lowest BCUT2D eigenvalue weighted by Gasteiger charge is -2.36. The first-order valence-corrected chi connectivity index (χ1v) is 7.34. The van der Waals surface area contributed by atoms with E-state index in [2.05, 4.69) is 14.8 Å². The van der Waals surface area contributed by atoms with Crippen molar-refractivity contribution >= 4 is 0 Å². The van der Waals surface area contributed by atoms with Gasteiger partial charge in [0.2, 0.25) is 0 Å². The fraction of sp³-hybridized carbons (Fsp3) is 0.533. The second-order valence-corrected chi connectivity index (χ2v) is 5.94. The summed E-state index contributed by atoms with van der Waals surface area (Å²) in [7, 11) is 0. The average Bonchev–Trinajstić information content (AvgIpc) is 3.27. The molecule has 2 aliphatic rings. The number of hydrogen-bond acceptors (Lipinski definition) is 5. The van der Waals surface area contributed by atoms with Gasteiger partial charge in [-0.1, -0.05) is 0 Å². The Morgan fingerprint density at radius 3 is 2.71 bits per heavy atom. The first-order valence-electron chi connectivity index (χ1n) is 7.34. The van der Waals surface area contributed by atoms with Crippen molar-refractivity contribution in [3.63, 3.8) is 0 Å². The molecule has 1 aromatic rings. The van der Waals surface area contributed by atoms with Crippen molar-refractivity contribution in [3.8, 4) is 0 Å². The fourth-order valence-electron chi connectivity index (χ4n) is 2.76. The van der Waals surface area contributed by atoms with E-state index < -0.39 is 0 Å². The number of nitrogens with zero attached hydrogens (tertiary/aromatic N) is 4. The zero-order valence-corrected chi connectivity index (χ0v) is 12.2. The minimum Gasteiger partial charge on any atom is -0.356 e. The van der Waals surface area contributed by atoms with Gasteiger partial charge in [0.15, 0.2) is 0 Å². The highest BCUT2D eigenvalue weighted by molar-refractivity contribution is 5.14. The first-order chi connectivity index (χ1) is 10.1. The van der Waals surface area contributed by atoms with Crippen LogP contribution in [-0.2, 0) is 6.54 Å². The third-order valence-electron chi connectivity index (χ3n) is 4.19. The van der Waals surface area contributed by atoms with E-state index in [1.54, 1.807) is 12.4 Å². The minimum atomic E-state index is -0.228. The zero-order valence-electron chi connectivity index (χ0n) is 12.2. The van der Waals surface area contributed by atoms with Gasteiger partial charge in [0.25, 0.3) is 5.70 Å². The van der Waals surface area contributed by atoms with E-state index in [0.717, 1.165) is 24.5 Å². The topological polar surface area (TPSA) is 62.5 Å². The molecule has 1 fully saturated rings. The van der Waals surface area contributed by atoms with Crippen molar-refractivity contribution in [1.29, 1.82) is 0 Å². The molecule has 0 atom stereocenters. The quantitative estimate of drug-likeness (QED) is 0.613. The molecule has 0 N–H and O–H groups in total. The summed E-state index contributed by atoms with van der Waals surface area (Å²) in [6, 6.07) is 3.92. The van der Waals surface area contributed by atoms with Crippen molar-refractivity contribution in [2.45, 2.75) is 26.3 Å². The summed E-state index contributed by atoms with van der Waals surface area (Å²) in [5, 5.41) is 11.3. The molecule has 0 bridgehead atoms. The van der Waals surface area contributed by atoms with Crippen LogP contribution in [0.25, 0.3) is 0 Å². The molecule has 0 radical (unpaired) electrons. The third kappa shape index (κ3) is 3.39. The van der Waals surface area contributed by atoms with E-state index in [1.807, 2.05) is 19.1 Å². The van der Waals surface area contributed by atoms with Crippen LogP contribution in [0.1, 0.15) is 25.3 Å². The molecular formula is C15H20N4O2. The Morgan fingerprint density at radius 2 is 2.10 bits per heavy atom. The molecule has 0 saturated heterocycles. The lowest BCUT2D eigenvalue weighted by molar-refractivity contribution is -0.432. The van der Waals surface area contributed by atoms with Crippen LogP contribution in [0.2, 0.25) is 0 Å². The Morgan fingerprint density at radius 1 is 1.38 bits per heavy atom. The summed E-state index contributed by atoms with van der Waals surface area (Å²) in [6.07, 6.45) is 6.03. The van der Waals surface area contributed by atoms with Crippen molar-refractivity contribution in [2.24, 2.45) is 5.92 Å². The fourth-order valence-corrected chi connectivity index (χ4v) is 2.76. The van der Waals surface area contributed by atoms with Gasteiger partial charge in [-0.15, -0.1) is 0 Å². The minimum absolute atomic E-state index is 0.228. The summed E-state index contributed by atoms with van der Waals surface area (Å²) in [4.78, 5) is 19.4. The van der Waals surface area contributed by atoms with E-state index in [0.29, 0.717) is 24.7 Å². The van der Waals surface area contributed by atoms with Gasteiger partial charge < -0.3 is 4.90 Å². The zero-order chi connectivity index (χ0) is 14.8. The molecule has 6 heteroatoms. The normalized spacial score (nSPS) is 20.0. The Kier molecular flexibility index (Phi) is 3.88. The Balaban J connectivity index is 1.75. The second-order valence-electron chi connectivity index (χ2n) is 5.94. The van der Waals surface area contributed by atoms with E-state index >= 15 is 0 Å². The lowest BCUT2D eigenvalue weighted by atomic mass is 10.2. The van der Waals surface area contributed by atoms with Gasteiger partial charge in [-0.2, -0.15) is 0 Å². The largest absolute Gasteiger partial charge is 0.356 e. The summed E-state index contributed by atoms with van der Waals surface area (Å²) >= 11 is 0. The number of pyridine rings is 1. The maximum atomic E-state index is 11.3. The molecule has 1 aromatic heterocycles. The van der Waals surface area contributed by atoms with Crippen LogP contribution in [0.5, 0.6) is 0 Å². The second kappa shape index (κ2) is 5.81. The Hall–Kier alpha value is -1.95. The van der Waals surface area contributed by atoms with Crippen LogP contribution >= 0.6 is 0 Å². The Bertz CT molecular complexity index is 554. The number of allylic oxidation sites excluding steroid dienone is 1. The first kappa shape index (κ1) is 14.0. The third-order valence-corrected chi connectivity index (χ3v) is 4.19. The summed E-state index contributed by atoms with van der Waals surface area (Å²) < 4.78 is 0. The summed E-state index contributed by atoms with van der Waals surface area (Å²) in [5.41, 5.74) is 2.30.